The first-order valence-electron chi connectivity index (χ1n) is 9.10. The van der Waals surface area contributed by atoms with E-state index < -0.39 is 0 Å². The van der Waals surface area contributed by atoms with Crippen LogP contribution in [-0.4, -0.2) is 52.6 Å². The molecule has 3 aromatic rings. The van der Waals surface area contributed by atoms with Gasteiger partial charge < -0.3 is 15.1 Å². The Balaban J connectivity index is 1.53. The molecule has 4 heterocycles. The van der Waals surface area contributed by atoms with Crippen LogP contribution in [-0.2, 0) is 0 Å². The summed E-state index contributed by atoms with van der Waals surface area (Å²) in [6.45, 7) is 1.66. The second-order valence-electron chi connectivity index (χ2n) is 6.95. The number of nitrogens with one attached hydrogen (secondary N) is 1. The molecule has 3 aromatic heterocycles. The molecule has 1 unspecified atom stereocenters. The van der Waals surface area contributed by atoms with Gasteiger partial charge in [0, 0.05) is 51.7 Å². The molecule has 27 heavy (non-hydrogen) atoms. The fourth-order valence-corrected chi connectivity index (χ4v) is 3.36. The highest BCUT2D eigenvalue weighted by atomic mass is 16.1. The van der Waals surface area contributed by atoms with Crippen molar-refractivity contribution in [1.82, 2.24) is 19.4 Å². The van der Waals surface area contributed by atoms with Gasteiger partial charge in [0.25, 0.3) is 5.56 Å². The second kappa shape index (κ2) is 7.22. The zero-order chi connectivity index (χ0) is 18.8. The number of hydrogen-bond donors (Lipinski definition) is 1. The van der Waals surface area contributed by atoms with Gasteiger partial charge in [-0.3, -0.25) is 9.20 Å². The smallest absolute Gasteiger partial charge is 0.259 e. The Bertz CT molecular complexity index is 1000. The third-order valence-corrected chi connectivity index (χ3v) is 4.70. The molecule has 0 aliphatic carbocycles. The minimum absolute atomic E-state index is 0.0582. The monoisotopic (exact) mass is 365 g/mol. The number of nitrogens with zero attached hydrogens (tertiary/aromatic N) is 6. The summed E-state index contributed by atoms with van der Waals surface area (Å²) in [5.74, 6) is 2.22. The SMILES string of the molecule is CN(C)c1nccc(NC2CCCN(c3cc(=O)n4ccccc4n3)C2)n1. The average molecular weight is 365 g/mol. The number of pyridine rings is 1. The molecule has 1 N–H and O–H groups in total. The largest absolute Gasteiger partial charge is 0.365 e. The molecule has 8 nitrogen and oxygen atoms in total. The number of aromatic nitrogens is 4. The van der Waals surface area contributed by atoms with E-state index in [4.69, 9.17) is 0 Å². The van der Waals surface area contributed by atoms with Crippen LogP contribution in [0.25, 0.3) is 5.65 Å². The van der Waals surface area contributed by atoms with E-state index in [2.05, 4.69) is 25.2 Å². The van der Waals surface area contributed by atoms with Crippen molar-refractivity contribution in [3.63, 3.8) is 0 Å². The average Bonchev–Trinajstić information content (AvgIpc) is 2.68. The minimum Gasteiger partial charge on any atom is -0.365 e. The Hall–Kier alpha value is -3.16. The van der Waals surface area contributed by atoms with Crippen LogP contribution < -0.4 is 20.7 Å². The Labute approximate surface area is 157 Å². The fraction of sp³-hybridized carbons (Fsp3) is 0.368. The lowest BCUT2D eigenvalue weighted by molar-refractivity contribution is 0.525. The van der Waals surface area contributed by atoms with E-state index in [0.717, 1.165) is 37.6 Å². The van der Waals surface area contributed by atoms with E-state index in [1.165, 1.54) is 0 Å². The molecule has 1 fully saturated rings. The van der Waals surface area contributed by atoms with Crippen molar-refractivity contribution in [2.45, 2.75) is 18.9 Å². The van der Waals surface area contributed by atoms with Gasteiger partial charge in [-0.15, -0.1) is 0 Å². The third kappa shape index (κ3) is 3.69. The molecular formula is C19H23N7O. The maximum atomic E-state index is 12.4. The Morgan fingerprint density at radius 1 is 1.22 bits per heavy atom. The van der Waals surface area contributed by atoms with Gasteiger partial charge in [0.1, 0.15) is 17.3 Å². The van der Waals surface area contributed by atoms with Gasteiger partial charge in [0.15, 0.2) is 0 Å². The van der Waals surface area contributed by atoms with Gasteiger partial charge >= 0.3 is 0 Å². The second-order valence-corrected chi connectivity index (χ2v) is 6.95. The molecule has 0 saturated carbocycles. The fourth-order valence-electron chi connectivity index (χ4n) is 3.36. The van der Waals surface area contributed by atoms with Crippen molar-refractivity contribution in [1.29, 1.82) is 0 Å². The highest BCUT2D eigenvalue weighted by Crippen LogP contribution is 2.20. The van der Waals surface area contributed by atoms with Crippen molar-refractivity contribution < 1.29 is 0 Å². The highest BCUT2D eigenvalue weighted by molar-refractivity contribution is 5.49. The number of rotatable bonds is 4. The molecule has 0 spiro atoms. The molecule has 0 aromatic carbocycles. The van der Waals surface area contributed by atoms with Crippen LogP contribution in [0.3, 0.4) is 0 Å². The van der Waals surface area contributed by atoms with Crippen molar-refractivity contribution in [2.24, 2.45) is 0 Å². The number of hydrogen-bond acceptors (Lipinski definition) is 7. The Morgan fingerprint density at radius 3 is 2.96 bits per heavy atom. The lowest BCUT2D eigenvalue weighted by Gasteiger charge is -2.34. The van der Waals surface area contributed by atoms with Crippen molar-refractivity contribution in [3.05, 3.63) is 53.1 Å². The minimum atomic E-state index is -0.0582. The summed E-state index contributed by atoms with van der Waals surface area (Å²) in [5.41, 5.74) is 0.610. The van der Waals surface area contributed by atoms with Crippen molar-refractivity contribution in [3.8, 4) is 0 Å². The summed E-state index contributed by atoms with van der Waals surface area (Å²) >= 11 is 0. The molecule has 1 atom stereocenters. The van der Waals surface area contributed by atoms with Gasteiger partial charge in [-0.05, 0) is 31.0 Å². The van der Waals surface area contributed by atoms with Crippen LogP contribution in [0.4, 0.5) is 17.6 Å². The molecule has 4 rings (SSSR count). The number of piperidine rings is 1. The van der Waals surface area contributed by atoms with E-state index in [1.54, 1.807) is 22.9 Å². The first-order chi connectivity index (χ1) is 13.1. The van der Waals surface area contributed by atoms with Gasteiger partial charge in [-0.2, -0.15) is 4.98 Å². The topological polar surface area (TPSA) is 78.7 Å². The van der Waals surface area contributed by atoms with E-state index in [0.29, 0.717) is 11.6 Å². The molecule has 1 saturated heterocycles. The summed E-state index contributed by atoms with van der Waals surface area (Å²) < 4.78 is 1.56. The molecule has 1 aliphatic rings. The lowest BCUT2D eigenvalue weighted by atomic mass is 10.1. The summed E-state index contributed by atoms with van der Waals surface area (Å²) in [7, 11) is 3.84. The van der Waals surface area contributed by atoms with Crippen LogP contribution in [0.15, 0.2) is 47.5 Å². The van der Waals surface area contributed by atoms with Crippen LogP contribution in [0.1, 0.15) is 12.8 Å². The summed E-state index contributed by atoms with van der Waals surface area (Å²) in [5, 5.41) is 3.50. The van der Waals surface area contributed by atoms with Crippen molar-refractivity contribution >= 4 is 23.2 Å². The standard InChI is InChI=1S/C19H23N7O/c1-24(2)19-20-9-8-15(22-19)21-14-6-5-10-25(13-14)17-12-18(27)26-11-4-3-7-16(26)23-17/h3-4,7-9,11-12,14H,5-6,10,13H2,1-2H3,(H,20,21,22). The number of fused-ring (bicyclic) bond motifs is 1. The maximum absolute atomic E-state index is 12.4. The van der Waals surface area contributed by atoms with Crippen LogP contribution >= 0.6 is 0 Å². The zero-order valence-electron chi connectivity index (χ0n) is 15.5. The molecule has 0 radical (unpaired) electrons. The van der Waals surface area contributed by atoms with Gasteiger partial charge in [-0.25, -0.2) is 9.97 Å². The highest BCUT2D eigenvalue weighted by Gasteiger charge is 2.22. The zero-order valence-corrected chi connectivity index (χ0v) is 15.5. The van der Waals surface area contributed by atoms with Crippen LogP contribution in [0.2, 0.25) is 0 Å². The summed E-state index contributed by atoms with van der Waals surface area (Å²) in [6.07, 6.45) is 5.58. The molecule has 0 bridgehead atoms. The summed E-state index contributed by atoms with van der Waals surface area (Å²) in [6, 6.07) is 9.31. The predicted molar refractivity (Wildman–Crippen MR) is 107 cm³/mol. The molecule has 140 valence electrons. The van der Waals surface area contributed by atoms with E-state index >= 15 is 0 Å². The molecule has 1 aliphatic heterocycles. The van der Waals surface area contributed by atoms with Crippen molar-refractivity contribution in [2.75, 3.05) is 42.3 Å². The first kappa shape index (κ1) is 17.3. The number of anilines is 3. The van der Waals surface area contributed by atoms with Crippen LogP contribution in [0.5, 0.6) is 0 Å². The summed E-state index contributed by atoms with van der Waals surface area (Å²) in [4.78, 5) is 29.9. The quantitative estimate of drug-likeness (QED) is 0.753. The maximum Gasteiger partial charge on any atom is 0.259 e. The van der Waals surface area contributed by atoms with Crippen LogP contribution in [0, 0.1) is 0 Å². The Morgan fingerprint density at radius 2 is 2.11 bits per heavy atom. The van der Waals surface area contributed by atoms with E-state index in [1.807, 2.05) is 43.3 Å². The van der Waals surface area contributed by atoms with E-state index in [-0.39, 0.29) is 11.6 Å². The van der Waals surface area contributed by atoms with Gasteiger partial charge in [0.2, 0.25) is 5.95 Å². The van der Waals surface area contributed by atoms with Gasteiger partial charge in [0.05, 0.1) is 0 Å². The lowest BCUT2D eigenvalue weighted by Crippen LogP contribution is -2.43. The molecular weight excluding hydrogens is 342 g/mol. The van der Waals surface area contributed by atoms with Gasteiger partial charge in [-0.1, -0.05) is 6.07 Å². The van der Waals surface area contributed by atoms with E-state index in [9.17, 15) is 4.79 Å². The third-order valence-electron chi connectivity index (χ3n) is 4.70. The molecule has 0 amide bonds. The first-order valence-corrected chi connectivity index (χ1v) is 9.10. The molecule has 8 heteroatoms. The Kier molecular flexibility index (Phi) is 4.62. The normalized spacial score (nSPS) is 17.1. The predicted octanol–water partition coefficient (Wildman–Crippen LogP) is 1.63.